The van der Waals surface area contributed by atoms with E-state index >= 15 is 0 Å². The van der Waals surface area contributed by atoms with Gasteiger partial charge in [0.25, 0.3) is 5.91 Å². The first-order chi connectivity index (χ1) is 8.58. The third-order valence-electron chi connectivity index (χ3n) is 2.65. The molecule has 0 saturated carbocycles. The van der Waals surface area contributed by atoms with Gasteiger partial charge in [-0.05, 0) is 12.1 Å². The van der Waals surface area contributed by atoms with E-state index in [0.717, 1.165) is 0 Å². The Morgan fingerprint density at radius 3 is 2.56 bits per heavy atom. The molecule has 0 bridgehead atoms. The highest BCUT2D eigenvalue weighted by Gasteiger charge is 2.30. The molecule has 1 aliphatic rings. The molecule has 5 heteroatoms. The van der Waals surface area contributed by atoms with Crippen LogP contribution < -0.4 is 5.32 Å². The van der Waals surface area contributed by atoms with Crippen LogP contribution in [0.1, 0.15) is 12.8 Å². The second kappa shape index (κ2) is 5.35. The van der Waals surface area contributed by atoms with E-state index in [9.17, 15) is 14.7 Å². The van der Waals surface area contributed by atoms with Crippen LogP contribution in [0.2, 0.25) is 0 Å². The quantitative estimate of drug-likeness (QED) is 0.652. The van der Waals surface area contributed by atoms with Crippen molar-refractivity contribution in [2.45, 2.75) is 17.7 Å². The van der Waals surface area contributed by atoms with Crippen LogP contribution in [0.25, 0.3) is 0 Å². The number of carbonyl (C=O) groups is 2. The maximum absolute atomic E-state index is 11.9. The van der Waals surface area contributed by atoms with Crippen molar-refractivity contribution < 1.29 is 14.7 Å². The fraction of sp³-hybridized carbons (Fsp3) is 0.231. The van der Waals surface area contributed by atoms with Crippen LogP contribution in [0.4, 0.5) is 5.69 Å². The molecule has 0 spiro atoms. The summed E-state index contributed by atoms with van der Waals surface area (Å²) in [5.41, 5.74) is 0.464. The van der Waals surface area contributed by atoms with Gasteiger partial charge in [0.05, 0.1) is 0 Å². The van der Waals surface area contributed by atoms with Crippen LogP contribution in [-0.4, -0.2) is 21.6 Å². The number of benzene rings is 1. The van der Waals surface area contributed by atoms with Crippen molar-refractivity contribution in [3.05, 3.63) is 41.7 Å². The molecule has 2 rings (SSSR count). The van der Waals surface area contributed by atoms with Gasteiger partial charge in [-0.3, -0.25) is 9.59 Å². The zero-order valence-electron chi connectivity index (χ0n) is 9.52. The minimum atomic E-state index is -0.553. The van der Waals surface area contributed by atoms with Crippen LogP contribution in [0, 0.1) is 0 Å². The molecule has 94 valence electrons. The van der Waals surface area contributed by atoms with Crippen molar-refractivity contribution in [2.75, 3.05) is 5.32 Å². The molecule has 1 aromatic rings. The fourth-order valence-corrected chi connectivity index (χ4v) is 2.42. The molecule has 0 heterocycles. The number of Topliss-reactive ketones (excluding diaryl/α,β-unsaturated/α-hetero) is 1. The number of para-hydroxylation sites is 1. The minimum absolute atomic E-state index is 0.0988. The van der Waals surface area contributed by atoms with Crippen LogP contribution in [0.3, 0.4) is 0 Å². The number of ketones is 1. The number of hydrogen-bond acceptors (Lipinski definition) is 3. The molecular formula is C13H12BrNO3. The third-order valence-corrected chi connectivity index (χ3v) is 3.30. The maximum atomic E-state index is 11.9. The van der Waals surface area contributed by atoms with E-state index in [-0.39, 0.29) is 28.4 Å². The predicted octanol–water partition coefficient (Wildman–Crippen LogP) is 2.56. The summed E-state index contributed by atoms with van der Waals surface area (Å²) in [6, 6.07) is 8.82. The van der Waals surface area contributed by atoms with E-state index in [1.165, 1.54) is 0 Å². The standard InChI is InChI=1S/C13H12BrNO3/c14-8-6-10(16)12(11(17)7-8)13(18)15-9-4-2-1-3-5-9/h1-5,8,16H,6-7H2,(H,15,18). The number of allylic oxidation sites excluding steroid dienone is 1. The molecule has 0 saturated heterocycles. The normalized spacial score (nSPS) is 19.8. The van der Waals surface area contributed by atoms with Gasteiger partial charge in [-0.25, -0.2) is 0 Å². The van der Waals surface area contributed by atoms with Gasteiger partial charge in [-0.15, -0.1) is 0 Å². The summed E-state index contributed by atoms with van der Waals surface area (Å²) in [5, 5.41) is 12.3. The Kier molecular flexibility index (Phi) is 3.81. The zero-order chi connectivity index (χ0) is 13.1. The van der Waals surface area contributed by atoms with Crippen LogP contribution in [0.5, 0.6) is 0 Å². The number of alkyl halides is 1. The van der Waals surface area contributed by atoms with E-state index in [1.54, 1.807) is 24.3 Å². The average molecular weight is 310 g/mol. The van der Waals surface area contributed by atoms with Crippen molar-refractivity contribution >= 4 is 33.3 Å². The molecule has 4 nitrogen and oxygen atoms in total. The summed E-state index contributed by atoms with van der Waals surface area (Å²) in [5.74, 6) is -1.04. The van der Waals surface area contributed by atoms with E-state index in [0.29, 0.717) is 12.1 Å². The van der Waals surface area contributed by atoms with Crippen molar-refractivity contribution in [3.8, 4) is 0 Å². The smallest absolute Gasteiger partial charge is 0.262 e. The summed E-state index contributed by atoms with van der Waals surface area (Å²) in [4.78, 5) is 23.6. The van der Waals surface area contributed by atoms with Gasteiger partial charge in [-0.2, -0.15) is 0 Å². The lowest BCUT2D eigenvalue weighted by atomic mass is 9.95. The fourth-order valence-electron chi connectivity index (χ4n) is 1.82. The van der Waals surface area contributed by atoms with Crippen LogP contribution >= 0.6 is 15.9 Å². The highest BCUT2D eigenvalue weighted by molar-refractivity contribution is 9.09. The van der Waals surface area contributed by atoms with E-state index in [1.807, 2.05) is 6.07 Å². The molecule has 1 aliphatic carbocycles. The SMILES string of the molecule is O=C1CC(Br)CC(O)=C1C(=O)Nc1ccccc1. The van der Waals surface area contributed by atoms with Crippen molar-refractivity contribution in [2.24, 2.45) is 0 Å². The van der Waals surface area contributed by atoms with Gasteiger partial charge < -0.3 is 10.4 Å². The molecule has 18 heavy (non-hydrogen) atoms. The Balaban J connectivity index is 2.19. The number of anilines is 1. The average Bonchev–Trinajstić information content (AvgIpc) is 2.28. The first-order valence-electron chi connectivity index (χ1n) is 5.53. The Labute approximate surface area is 113 Å². The number of nitrogens with one attached hydrogen (secondary N) is 1. The van der Waals surface area contributed by atoms with Gasteiger partial charge in [-0.1, -0.05) is 34.1 Å². The Hall–Kier alpha value is -1.62. The van der Waals surface area contributed by atoms with E-state index in [2.05, 4.69) is 21.2 Å². The number of amides is 1. The van der Waals surface area contributed by atoms with E-state index in [4.69, 9.17) is 0 Å². The number of halogens is 1. The molecule has 0 aromatic heterocycles. The molecular weight excluding hydrogens is 298 g/mol. The number of hydrogen-bond donors (Lipinski definition) is 2. The van der Waals surface area contributed by atoms with Gasteiger partial charge in [0.15, 0.2) is 5.78 Å². The topological polar surface area (TPSA) is 66.4 Å². The molecule has 1 amide bonds. The van der Waals surface area contributed by atoms with Gasteiger partial charge in [0.1, 0.15) is 11.3 Å². The lowest BCUT2D eigenvalue weighted by Crippen LogP contribution is -2.28. The Bertz CT molecular complexity index is 510. The van der Waals surface area contributed by atoms with E-state index < -0.39 is 5.91 Å². The lowest BCUT2D eigenvalue weighted by molar-refractivity contribution is -0.120. The molecule has 0 radical (unpaired) electrons. The highest BCUT2D eigenvalue weighted by atomic mass is 79.9. The van der Waals surface area contributed by atoms with Crippen molar-refractivity contribution in [1.29, 1.82) is 0 Å². The van der Waals surface area contributed by atoms with Gasteiger partial charge in [0.2, 0.25) is 0 Å². The number of aliphatic hydroxyl groups excluding tert-OH is 1. The van der Waals surface area contributed by atoms with Crippen molar-refractivity contribution in [1.82, 2.24) is 0 Å². The molecule has 1 aromatic carbocycles. The molecule has 2 N–H and O–H groups in total. The van der Waals surface area contributed by atoms with Gasteiger partial charge >= 0.3 is 0 Å². The predicted molar refractivity (Wildman–Crippen MR) is 71.7 cm³/mol. The first-order valence-corrected chi connectivity index (χ1v) is 6.45. The molecule has 1 atom stereocenters. The zero-order valence-corrected chi connectivity index (χ0v) is 11.1. The number of rotatable bonds is 2. The Morgan fingerprint density at radius 1 is 1.28 bits per heavy atom. The van der Waals surface area contributed by atoms with Crippen molar-refractivity contribution in [3.63, 3.8) is 0 Å². The molecule has 1 unspecified atom stereocenters. The number of aliphatic hydroxyl groups is 1. The third kappa shape index (κ3) is 2.79. The monoisotopic (exact) mass is 309 g/mol. The second-order valence-electron chi connectivity index (χ2n) is 4.07. The van der Waals surface area contributed by atoms with Gasteiger partial charge in [0, 0.05) is 23.4 Å². The Morgan fingerprint density at radius 2 is 1.94 bits per heavy atom. The lowest BCUT2D eigenvalue weighted by Gasteiger charge is -2.18. The summed E-state index contributed by atoms with van der Waals surface area (Å²) in [7, 11) is 0. The number of carbonyl (C=O) groups excluding carboxylic acids is 2. The maximum Gasteiger partial charge on any atom is 0.262 e. The summed E-state index contributed by atoms with van der Waals surface area (Å²) >= 11 is 3.27. The largest absolute Gasteiger partial charge is 0.511 e. The summed E-state index contributed by atoms with van der Waals surface area (Å²) in [6.45, 7) is 0. The first kappa shape index (κ1) is 12.8. The molecule has 0 fully saturated rings. The summed E-state index contributed by atoms with van der Waals surface area (Å²) < 4.78 is 0. The highest BCUT2D eigenvalue weighted by Crippen LogP contribution is 2.26. The van der Waals surface area contributed by atoms with Crippen LogP contribution in [-0.2, 0) is 9.59 Å². The summed E-state index contributed by atoms with van der Waals surface area (Å²) in [6.07, 6.45) is 0.519. The minimum Gasteiger partial charge on any atom is -0.511 e. The van der Waals surface area contributed by atoms with Crippen LogP contribution in [0.15, 0.2) is 41.7 Å². The second-order valence-corrected chi connectivity index (χ2v) is 5.37. The molecule has 0 aliphatic heterocycles.